The molecule has 0 bridgehead atoms. The van der Waals surface area contributed by atoms with Crippen LogP contribution in [-0.4, -0.2) is 37.7 Å². The molecule has 0 saturated carbocycles. The van der Waals surface area contributed by atoms with E-state index in [1.54, 1.807) is 31.2 Å². The molecule has 3 N–H and O–H groups in total. The Bertz CT molecular complexity index is 380. The molecule has 0 fully saturated rings. The van der Waals surface area contributed by atoms with E-state index in [0.717, 1.165) is 0 Å². The Morgan fingerprint density at radius 3 is 2.88 bits per heavy atom. The third kappa shape index (κ3) is 4.32. The van der Waals surface area contributed by atoms with Gasteiger partial charge in [-0.2, -0.15) is 0 Å². The summed E-state index contributed by atoms with van der Waals surface area (Å²) in [5, 5.41) is 2.77. The highest BCUT2D eigenvalue weighted by Crippen LogP contribution is 2.16. The lowest BCUT2D eigenvalue weighted by molar-refractivity contribution is 0.220. The monoisotopic (exact) mass is 237 g/mol. The van der Waals surface area contributed by atoms with Crippen LogP contribution >= 0.6 is 0 Å². The average Bonchev–Trinajstić information content (AvgIpc) is 2.28. The van der Waals surface area contributed by atoms with Crippen LogP contribution in [0.15, 0.2) is 24.3 Å². The topological polar surface area (TPSA) is 67.6 Å². The predicted molar refractivity (Wildman–Crippen MR) is 68.3 cm³/mol. The van der Waals surface area contributed by atoms with Crippen molar-refractivity contribution in [3.63, 3.8) is 0 Å². The lowest BCUT2D eigenvalue weighted by Gasteiger charge is -2.19. The molecule has 1 rings (SSSR count). The summed E-state index contributed by atoms with van der Waals surface area (Å²) in [6.07, 6.45) is 0. The zero-order chi connectivity index (χ0) is 12.8. The summed E-state index contributed by atoms with van der Waals surface area (Å²) in [7, 11) is 3.29. The van der Waals surface area contributed by atoms with E-state index < -0.39 is 0 Å². The summed E-state index contributed by atoms with van der Waals surface area (Å²) in [5.41, 5.74) is 6.33. The number of hydrogen-bond donors (Lipinski definition) is 2. The van der Waals surface area contributed by atoms with E-state index in [0.29, 0.717) is 18.0 Å². The molecule has 1 aromatic carbocycles. The predicted octanol–water partition coefficient (Wildman–Crippen LogP) is 1.51. The number of nitrogens with two attached hydrogens (primary N) is 1. The molecule has 1 atom stereocenters. The summed E-state index contributed by atoms with van der Waals surface area (Å²) >= 11 is 0. The van der Waals surface area contributed by atoms with Crippen molar-refractivity contribution in [1.82, 2.24) is 4.90 Å². The summed E-state index contributed by atoms with van der Waals surface area (Å²) < 4.78 is 5.08. The minimum Gasteiger partial charge on any atom is -0.497 e. The van der Waals surface area contributed by atoms with Crippen LogP contribution < -0.4 is 15.8 Å². The summed E-state index contributed by atoms with van der Waals surface area (Å²) in [5.74, 6) is 0.706. The van der Waals surface area contributed by atoms with Gasteiger partial charge in [-0.15, -0.1) is 0 Å². The van der Waals surface area contributed by atoms with Crippen molar-refractivity contribution in [3.8, 4) is 5.75 Å². The Labute approximate surface area is 102 Å². The molecule has 1 unspecified atom stereocenters. The van der Waals surface area contributed by atoms with Crippen molar-refractivity contribution in [2.75, 3.05) is 26.0 Å². The standard InChI is InChI=1S/C12H19N3O2/c1-9(13)8-15(2)12(16)14-10-5-4-6-11(7-10)17-3/h4-7,9H,8,13H2,1-3H3,(H,14,16). The molecule has 5 heteroatoms. The van der Waals surface area contributed by atoms with Gasteiger partial charge in [0.05, 0.1) is 7.11 Å². The smallest absolute Gasteiger partial charge is 0.321 e. The number of methoxy groups -OCH3 is 1. The molecule has 94 valence electrons. The Morgan fingerprint density at radius 2 is 2.29 bits per heavy atom. The summed E-state index contributed by atoms with van der Waals surface area (Å²) in [6.45, 7) is 2.37. The molecule has 0 heterocycles. The van der Waals surface area contributed by atoms with E-state index in [1.807, 2.05) is 19.1 Å². The first kappa shape index (κ1) is 13.3. The van der Waals surface area contributed by atoms with Gasteiger partial charge >= 0.3 is 6.03 Å². The van der Waals surface area contributed by atoms with Crippen LogP contribution in [-0.2, 0) is 0 Å². The number of nitrogens with zero attached hydrogens (tertiary/aromatic N) is 1. The first-order chi connectivity index (χ1) is 8.02. The highest BCUT2D eigenvalue weighted by atomic mass is 16.5. The minimum atomic E-state index is -0.185. The van der Waals surface area contributed by atoms with E-state index in [4.69, 9.17) is 10.5 Å². The molecular weight excluding hydrogens is 218 g/mol. The molecule has 2 amide bonds. The first-order valence-electron chi connectivity index (χ1n) is 5.44. The fraction of sp³-hybridized carbons (Fsp3) is 0.417. The van der Waals surface area contributed by atoms with Crippen LogP contribution in [0.25, 0.3) is 0 Å². The zero-order valence-electron chi connectivity index (χ0n) is 10.4. The quantitative estimate of drug-likeness (QED) is 0.834. The second-order valence-electron chi connectivity index (χ2n) is 4.02. The number of ether oxygens (including phenoxy) is 1. The van der Waals surface area contributed by atoms with Crippen molar-refractivity contribution in [2.45, 2.75) is 13.0 Å². The van der Waals surface area contributed by atoms with Crippen LogP contribution in [0.5, 0.6) is 5.75 Å². The highest BCUT2D eigenvalue weighted by molar-refractivity contribution is 5.89. The molecule has 0 aliphatic rings. The third-order valence-corrected chi connectivity index (χ3v) is 2.23. The lowest BCUT2D eigenvalue weighted by Crippen LogP contribution is -2.39. The highest BCUT2D eigenvalue weighted by Gasteiger charge is 2.10. The SMILES string of the molecule is COc1cccc(NC(=O)N(C)CC(C)N)c1. The second kappa shape index (κ2) is 6.10. The van der Waals surface area contributed by atoms with E-state index in [9.17, 15) is 4.79 Å². The molecule has 0 aliphatic heterocycles. The maximum atomic E-state index is 11.8. The van der Waals surface area contributed by atoms with Crippen LogP contribution in [0.2, 0.25) is 0 Å². The van der Waals surface area contributed by atoms with Crippen molar-refractivity contribution >= 4 is 11.7 Å². The molecule has 17 heavy (non-hydrogen) atoms. The van der Waals surface area contributed by atoms with Gasteiger partial charge in [-0.1, -0.05) is 6.07 Å². The molecule has 0 aliphatic carbocycles. The zero-order valence-corrected chi connectivity index (χ0v) is 10.4. The summed E-state index contributed by atoms with van der Waals surface area (Å²) in [4.78, 5) is 13.3. The number of amides is 2. The fourth-order valence-corrected chi connectivity index (χ4v) is 1.43. The number of benzene rings is 1. The molecule has 1 aromatic rings. The van der Waals surface area contributed by atoms with Gasteiger partial charge in [0.2, 0.25) is 0 Å². The Morgan fingerprint density at radius 1 is 1.59 bits per heavy atom. The molecular formula is C12H19N3O2. The lowest BCUT2D eigenvalue weighted by atomic mass is 10.3. The number of rotatable bonds is 4. The van der Waals surface area contributed by atoms with E-state index in [1.165, 1.54) is 0 Å². The van der Waals surface area contributed by atoms with Gasteiger partial charge in [0, 0.05) is 31.4 Å². The minimum absolute atomic E-state index is 0.0453. The first-order valence-corrected chi connectivity index (χ1v) is 5.44. The van der Waals surface area contributed by atoms with Crippen molar-refractivity contribution < 1.29 is 9.53 Å². The van der Waals surface area contributed by atoms with Crippen LogP contribution in [0.3, 0.4) is 0 Å². The number of carbonyl (C=O) groups excluding carboxylic acids is 1. The van der Waals surface area contributed by atoms with Crippen molar-refractivity contribution in [3.05, 3.63) is 24.3 Å². The van der Waals surface area contributed by atoms with Gasteiger partial charge in [-0.3, -0.25) is 0 Å². The number of carbonyl (C=O) groups is 1. The third-order valence-electron chi connectivity index (χ3n) is 2.23. The molecule has 0 aromatic heterocycles. The van der Waals surface area contributed by atoms with Crippen molar-refractivity contribution in [2.24, 2.45) is 5.73 Å². The number of anilines is 1. The Balaban J connectivity index is 2.61. The van der Waals surface area contributed by atoms with Gasteiger partial charge in [0.1, 0.15) is 5.75 Å². The van der Waals surface area contributed by atoms with E-state index in [2.05, 4.69) is 5.32 Å². The van der Waals surface area contributed by atoms with E-state index in [-0.39, 0.29) is 12.1 Å². The molecule has 0 saturated heterocycles. The number of likely N-dealkylation sites (N-methyl/N-ethyl adjacent to an activating group) is 1. The van der Waals surface area contributed by atoms with Gasteiger partial charge < -0.3 is 20.7 Å². The Hall–Kier alpha value is -1.75. The molecule has 0 spiro atoms. The summed E-state index contributed by atoms with van der Waals surface area (Å²) in [6, 6.07) is 6.98. The normalized spacial score (nSPS) is 11.8. The van der Waals surface area contributed by atoms with Gasteiger partial charge in [-0.05, 0) is 19.1 Å². The number of hydrogen-bond acceptors (Lipinski definition) is 3. The maximum absolute atomic E-state index is 11.8. The fourth-order valence-electron chi connectivity index (χ4n) is 1.43. The largest absolute Gasteiger partial charge is 0.497 e. The second-order valence-corrected chi connectivity index (χ2v) is 4.02. The average molecular weight is 237 g/mol. The van der Waals surface area contributed by atoms with Gasteiger partial charge in [-0.25, -0.2) is 4.79 Å². The van der Waals surface area contributed by atoms with Crippen LogP contribution in [0.1, 0.15) is 6.92 Å². The maximum Gasteiger partial charge on any atom is 0.321 e. The van der Waals surface area contributed by atoms with Gasteiger partial charge in [0.15, 0.2) is 0 Å². The molecule has 5 nitrogen and oxygen atoms in total. The van der Waals surface area contributed by atoms with Crippen molar-refractivity contribution in [1.29, 1.82) is 0 Å². The molecule has 0 radical (unpaired) electrons. The van der Waals surface area contributed by atoms with Gasteiger partial charge in [0.25, 0.3) is 0 Å². The number of nitrogens with one attached hydrogen (secondary N) is 1. The number of urea groups is 1. The van der Waals surface area contributed by atoms with Crippen LogP contribution in [0.4, 0.5) is 10.5 Å². The van der Waals surface area contributed by atoms with E-state index >= 15 is 0 Å². The van der Waals surface area contributed by atoms with Crippen LogP contribution in [0, 0.1) is 0 Å². The Kier molecular flexibility index (Phi) is 4.78.